The quantitative estimate of drug-likeness (QED) is 0.724. The lowest BCUT2D eigenvalue weighted by Gasteiger charge is -2.32. The van der Waals surface area contributed by atoms with Crippen LogP contribution in [0.5, 0.6) is 0 Å². The van der Waals surface area contributed by atoms with E-state index >= 15 is 0 Å². The number of hydrogen-bond donors (Lipinski definition) is 2. The van der Waals surface area contributed by atoms with Crippen molar-refractivity contribution >= 4 is 10.2 Å². The molecule has 0 aromatic heterocycles. The second-order valence-electron chi connectivity index (χ2n) is 5.44. The molecule has 2 N–H and O–H groups in total. The van der Waals surface area contributed by atoms with Gasteiger partial charge >= 0.3 is 0 Å². The average Bonchev–Trinajstić information content (AvgIpc) is 2.69. The van der Waals surface area contributed by atoms with Crippen molar-refractivity contribution in [3.05, 3.63) is 0 Å². The number of ether oxygens (including phenoxy) is 1. The van der Waals surface area contributed by atoms with Crippen LogP contribution in [0.4, 0.5) is 0 Å². The molecule has 2 unspecified atom stereocenters. The van der Waals surface area contributed by atoms with E-state index in [1.165, 1.54) is 17.1 Å². The first-order chi connectivity index (χ1) is 8.63. The molecule has 6 nitrogen and oxygen atoms in total. The lowest BCUT2D eigenvalue weighted by Crippen LogP contribution is -2.53. The van der Waals surface area contributed by atoms with Crippen LogP contribution in [0.2, 0.25) is 0 Å². The molecule has 2 atom stereocenters. The minimum absolute atomic E-state index is 0.0941. The molecule has 0 spiro atoms. The van der Waals surface area contributed by atoms with Crippen LogP contribution in [0.3, 0.4) is 0 Å². The first-order valence-electron chi connectivity index (χ1n) is 6.75. The van der Waals surface area contributed by atoms with Gasteiger partial charge in [-0.3, -0.25) is 0 Å². The predicted molar refractivity (Wildman–Crippen MR) is 67.4 cm³/mol. The molecule has 7 heteroatoms. The molecule has 0 radical (unpaired) electrons. The molecular formula is C11H21N3O3S. The van der Waals surface area contributed by atoms with Crippen molar-refractivity contribution in [1.29, 1.82) is 0 Å². The summed E-state index contributed by atoms with van der Waals surface area (Å²) in [7, 11) is -3.33. The molecule has 3 aliphatic heterocycles. The summed E-state index contributed by atoms with van der Waals surface area (Å²) in [6, 6.07) is 1.10. The molecule has 2 bridgehead atoms. The molecule has 104 valence electrons. The molecule has 0 aromatic rings. The van der Waals surface area contributed by atoms with Crippen LogP contribution in [-0.4, -0.2) is 57.2 Å². The first-order valence-corrected chi connectivity index (χ1v) is 8.19. The highest BCUT2D eigenvalue weighted by atomic mass is 32.2. The zero-order chi connectivity index (χ0) is 12.6. The zero-order valence-corrected chi connectivity index (χ0v) is 11.3. The Morgan fingerprint density at radius 2 is 1.72 bits per heavy atom. The Hall–Kier alpha value is -0.210. The molecule has 0 aliphatic carbocycles. The molecule has 0 saturated carbocycles. The third-order valence-electron chi connectivity index (χ3n) is 4.10. The highest BCUT2D eigenvalue weighted by Crippen LogP contribution is 2.27. The van der Waals surface area contributed by atoms with Gasteiger partial charge in [0.1, 0.15) is 0 Å². The van der Waals surface area contributed by atoms with Crippen molar-refractivity contribution in [1.82, 2.24) is 14.3 Å². The number of morpholine rings is 1. The molecule has 3 rings (SSSR count). The van der Waals surface area contributed by atoms with E-state index in [1.54, 1.807) is 0 Å². The van der Waals surface area contributed by atoms with Gasteiger partial charge in [0.05, 0.1) is 13.2 Å². The summed E-state index contributed by atoms with van der Waals surface area (Å²) in [4.78, 5) is 0. The molecule has 18 heavy (non-hydrogen) atoms. The number of rotatable bonds is 3. The molecular weight excluding hydrogens is 254 g/mol. The van der Waals surface area contributed by atoms with Crippen LogP contribution in [-0.2, 0) is 14.9 Å². The standard InChI is InChI=1S/C11H21N3O3S/c15-18(16,14-3-5-17-6-4-14)13-11-7-9-1-2-10(8-11)12-9/h9-13H,1-8H2. The fourth-order valence-corrected chi connectivity index (χ4v) is 4.62. The SMILES string of the molecule is O=S(=O)(NC1CC2CCC(C1)N2)N1CCOCC1. The minimum atomic E-state index is -3.33. The van der Waals surface area contributed by atoms with Crippen molar-refractivity contribution in [2.24, 2.45) is 0 Å². The maximum atomic E-state index is 12.2. The molecule has 3 saturated heterocycles. The van der Waals surface area contributed by atoms with Crippen LogP contribution in [0, 0.1) is 0 Å². The lowest BCUT2D eigenvalue weighted by atomic mass is 10.0. The Morgan fingerprint density at radius 3 is 2.33 bits per heavy atom. The maximum absolute atomic E-state index is 12.2. The van der Waals surface area contributed by atoms with E-state index in [2.05, 4.69) is 10.0 Å². The molecule has 0 amide bonds. The van der Waals surface area contributed by atoms with Crippen LogP contribution in [0.25, 0.3) is 0 Å². The van der Waals surface area contributed by atoms with E-state index in [-0.39, 0.29) is 6.04 Å². The largest absolute Gasteiger partial charge is 0.379 e. The van der Waals surface area contributed by atoms with Gasteiger partial charge in [-0.15, -0.1) is 0 Å². The fraction of sp³-hybridized carbons (Fsp3) is 1.00. The molecule has 3 heterocycles. The number of hydrogen-bond acceptors (Lipinski definition) is 4. The predicted octanol–water partition coefficient (Wildman–Crippen LogP) is -0.564. The van der Waals surface area contributed by atoms with Gasteiger partial charge in [0.15, 0.2) is 0 Å². The van der Waals surface area contributed by atoms with Gasteiger partial charge in [-0.1, -0.05) is 0 Å². The Labute approximate surface area is 108 Å². The van der Waals surface area contributed by atoms with Gasteiger partial charge in [0.2, 0.25) is 0 Å². The van der Waals surface area contributed by atoms with E-state index in [0.29, 0.717) is 38.4 Å². The van der Waals surface area contributed by atoms with Crippen molar-refractivity contribution in [2.75, 3.05) is 26.3 Å². The maximum Gasteiger partial charge on any atom is 0.279 e. The van der Waals surface area contributed by atoms with Gasteiger partial charge in [0.25, 0.3) is 10.2 Å². The monoisotopic (exact) mass is 275 g/mol. The molecule has 0 aromatic carbocycles. The third-order valence-corrected chi connectivity index (χ3v) is 5.77. The van der Waals surface area contributed by atoms with Crippen molar-refractivity contribution in [3.63, 3.8) is 0 Å². The van der Waals surface area contributed by atoms with E-state index in [4.69, 9.17) is 4.74 Å². The topological polar surface area (TPSA) is 70.7 Å². The van der Waals surface area contributed by atoms with Gasteiger partial charge < -0.3 is 10.1 Å². The number of piperidine rings is 1. The van der Waals surface area contributed by atoms with Crippen LogP contribution in [0.1, 0.15) is 25.7 Å². The van der Waals surface area contributed by atoms with E-state index in [1.807, 2.05) is 0 Å². The Bertz CT molecular complexity index is 382. The second kappa shape index (κ2) is 5.05. The Morgan fingerprint density at radius 1 is 1.11 bits per heavy atom. The van der Waals surface area contributed by atoms with Crippen LogP contribution in [0.15, 0.2) is 0 Å². The number of nitrogens with zero attached hydrogens (tertiary/aromatic N) is 1. The molecule has 3 aliphatic rings. The number of fused-ring (bicyclic) bond motifs is 2. The van der Waals surface area contributed by atoms with E-state index in [0.717, 1.165) is 12.8 Å². The van der Waals surface area contributed by atoms with E-state index in [9.17, 15) is 8.42 Å². The molecule has 3 fully saturated rings. The normalized spacial score (nSPS) is 37.9. The Kier molecular flexibility index (Phi) is 3.59. The first kappa shape index (κ1) is 12.8. The van der Waals surface area contributed by atoms with Crippen molar-refractivity contribution < 1.29 is 13.2 Å². The highest BCUT2D eigenvalue weighted by molar-refractivity contribution is 7.87. The van der Waals surface area contributed by atoms with Gasteiger partial charge in [0, 0.05) is 31.2 Å². The fourth-order valence-electron chi connectivity index (χ4n) is 3.23. The smallest absolute Gasteiger partial charge is 0.279 e. The van der Waals surface area contributed by atoms with Crippen LogP contribution < -0.4 is 10.0 Å². The summed E-state index contributed by atoms with van der Waals surface area (Å²) in [5, 5.41) is 3.52. The van der Waals surface area contributed by atoms with Crippen molar-refractivity contribution in [2.45, 2.75) is 43.8 Å². The Balaban J connectivity index is 1.61. The summed E-state index contributed by atoms with van der Waals surface area (Å²) >= 11 is 0. The number of nitrogens with one attached hydrogen (secondary N) is 2. The zero-order valence-electron chi connectivity index (χ0n) is 10.5. The van der Waals surface area contributed by atoms with E-state index < -0.39 is 10.2 Å². The average molecular weight is 275 g/mol. The van der Waals surface area contributed by atoms with Crippen LogP contribution >= 0.6 is 0 Å². The summed E-state index contributed by atoms with van der Waals surface area (Å²) in [5.74, 6) is 0. The van der Waals surface area contributed by atoms with Gasteiger partial charge in [-0.25, -0.2) is 0 Å². The second-order valence-corrected chi connectivity index (χ2v) is 7.14. The minimum Gasteiger partial charge on any atom is -0.379 e. The summed E-state index contributed by atoms with van der Waals surface area (Å²) in [6.07, 6.45) is 4.20. The van der Waals surface area contributed by atoms with Crippen molar-refractivity contribution in [3.8, 4) is 0 Å². The lowest BCUT2D eigenvalue weighted by molar-refractivity contribution is 0.0721. The summed E-state index contributed by atoms with van der Waals surface area (Å²) in [6.45, 7) is 1.93. The highest BCUT2D eigenvalue weighted by Gasteiger charge is 2.36. The van der Waals surface area contributed by atoms with Gasteiger partial charge in [-0.05, 0) is 25.7 Å². The summed E-state index contributed by atoms with van der Waals surface area (Å²) in [5.41, 5.74) is 0. The van der Waals surface area contributed by atoms with Gasteiger partial charge in [-0.2, -0.15) is 17.4 Å². The third kappa shape index (κ3) is 2.70. The summed E-state index contributed by atoms with van der Waals surface area (Å²) < 4.78 is 34.0.